The van der Waals surface area contributed by atoms with Gasteiger partial charge in [-0.15, -0.1) is 11.6 Å². The van der Waals surface area contributed by atoms with Crippen LogP contribution >= 0.6 is 11.6 Å². The van der Waals surface area contributed by atoms with Crippen molar-refractivity contribution in [2.24, 2.45) is 10.9 Å². The van der Waals surface area contributed by atoms with Crippen molar-refractivity contribution in [3.63, 3.8) is 0 Å². The number of nitrogens with zero attached hydrogens (tertiary/aromatic N) is 3. The third-order valence-electron chi connectivity index (χ3n) is 4.13. The lowest BCUT2D eigenvalue weighted by molar-refractivity contribution is 0.379. The van der Waals surface area contributed by atoms with E-state index in [2.05, 4.69) is 28.4 Å². The van der Waals surface area contributed by atoms with Crippen molar-refractivity contribution in [2.45, 2.75) is 31.1 Å². The van der Waals surface area contributed by atoms with Crippen LogP contribution in [0.5, 0.6) is 0 Å². The minimum Gasteiger partial charge on any atom is -0.338 e. The summed E-state index contributed by atoms with van der Waals surface area (Å²) in [5, 5.41) is 4.08. The summed E-state index contributed by atoms with van der Waals surface area (Å²) >= 11 is 5.74. The molecule has 0 spiro atoms. The van der Waals surface area contributed by atoms with Crippen LogP contribution in [0.3, 0.4) is 0 Å². The largest absolute Gasteiger partial charge is 0.338 e. The molecule has 1 aromatic rings. The van der Waals surface area contributed by atoms with Crippen molar-refractivity contribution in [3.05, 3.63) is 47.3 Å². The first-order chi connectivity index (χ1) is 9.86. The number of hydrogen-bond acceptors (Lipinski definition) is 4. The van der Waals surface area contributed by atoms with Gasteiger partial charge < -0.3 is 4.52 Å². The molecule has 2 heterocycles. The van der Waals surface area contributed by atoms with Crippen LogP contribution in [0.25, 0.3) is 0 Å². The fourth-order valence-electron chi connectivity index (χ4n) is 3.24. The lowest BCUT2D eigenvalue weighted by Gasteiger charge is -2.22. The van der Waals surface area contributed by atoms with Crippen molar-refractivity contribution in [2.75, 3.05) is 0 Å². The second-order valence-electron chi connectivity index (χ2n) is 5.29. The fourth-order valence-corrected chi connectivity index (χ4v) is 3.35. The highest BCUT2D eigenvalue weighted by atomic mass is 35.5. The summed E-state index contributed by atoms with van der Waals surface area (Å²) in [5.41, 5.74) is 3.72. The Kier molecular flexibility index (Phi) is 2.84. The van der Waals surface area contributed by atoms with Gasteiger partial charge in [0.25, 0.3) is 0 Å². The Labute approximate surface area is 121 Å². The molecule has 0 bridgehead atoms. The molecule has 4 nitrogen and oxygen atoms in total. The average molecular weight is 288 g/mol. The number of aromatic nitrogens is 2. The van der Waals surface area contributed by atoms with Crippen molar-refractivity contribution in [3.8, 4) is 0 Å². The topological polar surface area (TPSA) is 51.3 Å². The van der Waals surface area contributed by atoms with Gasteiger partial charge in [-0.3, -0.25) is 4.99 Å². The summed E-state index contributed by atoms with van der Waals surface area (Å²) in [6.45, 7) is 0. The van der Waals surface area contributed by atoms with E-state index >= 15 is 0 Å². The van der Waals surface area contributed by atoms with Gasteiger partial charge in [-0.2, -0.15) is 4.98 Å². The molecule has 0 amide bonds. The van der Waals surface area contributed by atoms with Crippen LogP contribution in [-0.2, 0) is 5.88 Å². The fraction of sp³-hybridized carbons (Fsp3) is 0.400. The third kappa shape index (κ3) is 1.79. The van der Waals surface area contributed by atoms with Gasteiger partial charge in [0.05, 0.1) is 17.3 Å². The molecule has 0 N–H and O–H groups in total. The Morgan fingerprint density at radius 3 is 3.15 bits per heavy atom. The minimum atomic E-state index is 0.152. The van der Waals surface area contributed by atoms with E-state index in [1.165, 1.54) is 5.57 Å². The quantitative estimate of drug-likeness (QED) is 0.782. The van der Waals surface area contributed by atoms with Crippen LogP contribution < -0.4 is 0 Å². The summed E-state index contributed by atoms with van der Waals surface area (Å²) in [7, 11) is 0. The van der Waals surface area contributed by atoms with Crippen LogP contribution in [0.15, 0.2) is 45.1 Å². The van der Waals surface area contributed by atoms with E-state index in [9.17, 15) is 0 Å². The molecule has 0 radical (unpaired) electrons. The SMILES string of the molecule is ClCc1nc([C@H]2CCCC3=C2N=C2C=CC=C[C@H]23)no1. The number of alkyl halides is 1. The standard InChI is InChI=1S/C15H14ClN3O/c16-8-13-18-15(19-20-13)11-6-3-5-10-9-4-1-2-7-12(9)17-14(10)11/h1-2,4,7,9,11H,3,5-6,8H2/t9-,11-/m0/s1. The summed E-state index contributed by atoms with van der Waals surface area (Å²) in [4.78, 5) is 9.21. The van der Waals surface area contributed by atoms with Gasteiger partial charge in [0, 0.05) is 5.92 Å². The number of aliphatic imine (C=N–C) groups is 1. The molecule has 5 heteroatoms. The molecule has 3 aliphatic rings. The van der Waals surface area contributed by atoms with Crippen LogP contribution in [0.4, 0.5) is 0 Å². The molecule has 1 aliphatic heterocycles. The maximum Gasteiger partial charge on any atom is 0.241 e. The molecule has 2 atom stereocenters. The van der Waals surface area contributed by atoms with Gasteiger partial charge >= 0.3 is 0 Å². The zero-order valence-corrected chi connectivity index (χ0v) is 11.7. The molecule has 0 aromatic carbocycles. The van der Waals surface area contributed by atoms with E-state index in [0.29, 0.717) is 11.8 Å². The van der Waals surface area contributed by atoms with Gasteiger partial charge in [-0.05, 0) is 30.9 Å². The second kappa shape index (κ2) is 4.70. The highest BCUT2D eigenvalue weighted by Gasteiger charge is 2.36. The molecule has 102 valence electrons. The molecule has 20 heavy (non-hydrogen) atoms. The van der Waals surface area contributed by atoms with E-state index in [0.717, 1.165) is 36.5 Å². The van der Waals surface area contributed by atoms with Gasteiger partial charge in [0.2, 0.25) is 5.89 Å². The Bertz CT molecular complexity index is 668. The van der Waals surface area contributed by atoms with E-state index < -0.39 is 0 Å². The summed E-state index contributed by atoms with van der Waals surface area (Å²) < 4.78 is 5.14. The van der Waals surface area contributed by atoms with Crippen LogP contribution in [0, 0.1) is 5.92 Å². The Hall–Kier alpha value is -1.68. The van der Waals surface area contributed by atoms with Crippen molar-refractivity contribution in [1.29, 1.82) is 0 Å². The normalized spacial score (nSPS) is 27.6. The van der Waals surface area contributed by atoms with Gasteiger partial charge in [0.15, 0.2) is 5.82 Å². The first-order valence-corrected chi connectivity index (χ1v) is 7.45. The maximum absolute atomic E-state index is 5.74. The van der Waals surface area contributed by atoms with E-state index in [1.54, 1.807) is 0 Å². The van der Waals surface area contributed by atoms with Crippen LogP contribution in [-0.4, -0.2) is 15.9 Å². The maximum atomic E-state index is 5.74. The summed E-state index contributed by atoms with van der Waals surface area (Å²) in [6.07, 6.45) is 11.8. The summed E-state index contributed by atoms with van der Waals surface area (Å²) in [6, 6.07) is 0. The number of hydrogen-bond donors (Lipinski definition) is 0. The second-order valence-corrected chi connectivity index (χ2v) is 5.56. The molecule has 0 saturated carbocycles. The lowest BCUT2D eigenvalue weighted by atomic mass is 9.81. The highest BCUT2D eigenvalue weighted by molar-refractivity contribution is 6.16. The first kappa shape index (κ1) is 12.1. The summed E-state index contributed by atoms with van der Waals surface area (Å²) in [5.74, 6) is 1.98. The lowest BCUT2D eigenvalue weighted by Crippen LogP contribution is -2.14. The van der Waals surface area contributed by atoms with Crippen LogP contribution in [0.1, 0.15) is 36.9 Å². The van der Waals surface area contributed by atoms with Crippen molar-refractivity contribution < 1.29 is 4.52 Å². The zero-order chi connectivity index (χ0) is 13.5. The molecular weight excluding hydrogens is 274 g/mol. The van der Waals surface area contributed by atoms with Crippen LogP contribution in [0.2, 0.25) is 0 Å². The Morgan fingerprint density at radius 1 is 1.35 bits per heavy atom. The van der Waals surface area contributed by atoms with Gasteiger partial charge in [0.1, 0.15) is 5.88 Å². The molecule has 0 fully saturated rings. The van der Waals surface area contributed by atoms with E-state index in [4.69, 9.17) is 21.1 Å². The molecule has 4 rings (SSSR count). The van der Waals surface area contributed by atoms with Crippen molar-refractivity contribution in [1.82, 2.24) is 10.1 Å². The predicted molar refractivity (Wildman–Crippen MR) is 76.7 cm³/mol. The van der Waals surface area contributed by atoms with E-state index in [-0.39, 0.29) is 11.8 Å². The first-order valence-electron chi connectivity index (χ1n) is 6.91. The number of allylic oxidation sites excluding steroid dienone is 6. The Morgan fingerprint density at radius 2 is 2.30 bits per heavy atom. The van der Waals surface area contributed by atoms with Gasteiger partial charge in [-0.1, -0.05) is 23.4 Å². The number of rotatable bonds is 2. The molecule has 1 aromatic heterocycles. The van der Waals surface area contributed by atoms with E-state index in [1.807, 2.05) is 6.08 Å². The van der Waals surface area contributed by atoms with Crippen molar-refractivity contribution >= 4 is 17.3 Å². The average Bonchev–Trinajstić information content (AvgIpc) is 3.11. The number of fused-ring (bicyclic) bond motifs is 2. The Balaban J connectivity index is 1.74. The molecule has 0 saturated heterocycles. The highest BCUT2D eigenvalue weighted by Crippen LogP contribution is 2.45. The monoisotopic (exact) mass is 287 g/mol. The smallest absolute Gasteiger partial charge is 0.241 e. The minimum absolute atomic E-state index is 0.152. The molecule has 0 unspecified atom stereocenters. The predicted octanol–water partition coefficient (Wildman–Crippen LogP) is 3.53. The zero-order valence-electron chi connectivity index (χ0n) is 10.9. The van der Waals surface area contributed by atoms with Gasteiger partial charge in [-0.25, -0.2) is 0 Å². The molecule has 2 aliphatic carbocycles. The third-order valence-corrected chi connectivity index (χ3v) is 4.36. The molecular formula is C15H14ClN3O. The number of halogens is 1.